The van der Waals surface area contributed by atoms with E-state index in [-0.39, 0.29) is 16.6 Å². The third-order valence-electron chi connectivity index (χ3n) is 3.47. The van der Waals surface area contributed by atoms with Crippen LogP contribution < -0.4 is 10.6 Å². The van der Waals surface area contributed by atoms with Crippen LogP contribution in [0.1, 0.15) is 42.5 Å². The van der Waals surface area contributed by atoms with E-state index >= 15 is 0 Å². The Bertz CT molecular complexity index is 762. The normalized spacial score (nSPS) is 11.7. The van der Waals surface area contributed by atoms with Crippen LogP contribution in [-0.2, 0) is 11.3 Å². The number of hydrogen-bond acceptors (Lipinski definition) is 5. The van der Waals surface area contributed by atoms with Gasteiger partial charge in [0, 0.05) is 12.2 Å². The van der Waals surface area contributed by atoms with Gasteiger partial charge in [-0.05, 0) is 31.5 Å². The summed E-state index contributed by atoms with van der Waals surface area (Å²) in [6.45, 7) is 4.64. The number of nitrogens with one attached hydrogen (secondary N) is 2. The highest BCUT2D eigenvalue weighted by Gasteiger charge is 2.17. The number of aromatic nitrogens is 3. The molecule has 1 heterocycles. The Hall–Kier alpha value is -2.61. The number of carbonyl (C=O) groups is 2. The highest BCUT2D eigenvalue weighted by molar-refractivity contribution is 6.33. The predicted octanol–water partition coefficient (Wildman–Crippen LogP) is 3.01. The van der Waals surface area contributed by atoms with Crippen molar-refractivity contribution in [2.75, 3.05) is 12.4 Å². The van der Waals surface area contributed by atoms with Gasteiger partial charge in [0.25, 0.3) is 0 Å². The summed E-state index contributed by atoms with van der Waals surface area (Å²) >= 11 is 5.96. The Morgan fingerprint density at radius 1 is 1.40 bits per heavy atom. The highest BCUT2D eigenvalue weighted by Crippen LogP contribution is 2.21. The molecule has 0 aliphatic rings. The minimum Gasteiger partial charge on any atom is -0.465 e. The Morgan fingerprint density at radius 3 is 2.84 bits per heavy atom. The zero-order valence-corrected chi connectivity index (χ0v) is 15.0. The van der Waals surface area contributed by atoms with Gasteiger partial charge in [0.05, 0.1) is 23.7 Å². The summed E-state index contributed by atoms with van der Waals surface area (Å²) in [5, 5.41) is 13.6. The Balaban J connectivity index is 2.05. The second kappa shape index (κ2) is 8.48. The molecule has 1 unspecified atom stereocenters. The van der Waals surface area contributed by atoms with Crippen LogP contribution in [0.25, 0.3) is 0 Å². The molecule has 9 heteroatoms. The van der Waals surface area contributed by atoms with Crippen molar-refractivity contribution >= 4 is 29.3 Å². The topological polar surface area (TPSA) is 98.1 Å². The summed E-state index contributed by atoms with van der Waals surface area (Å²) in [4.78, 5) is 23.8. The number of rotatable bonds is 6. The molecule has 0 spiro atoms. The summed E-state index contributed by atoms with van der Waals surface area (Å²) in [7, 11) is 1.26. The smallest absolute Gasteiger partial charge is 0.339 e. The molecule has 1 aromatic heterocycles. The molecule has 2 aromatic rings. The zero-order chi connectivity index (χ0) is 18.4. The number of nitrogens with zero attached hydrogens (tertiary/aromatic N) is 3. The lowest BCUT2D eigenvalue weighted by Crippen LogP contribution is -2.32. The average Bonchev–Trinajstić information content (AvgIpc) is 3.04. The molecule has 2 N–H and O–H groups in total. The molecule has 2 amide bonds. The van der Waals surface area contributed by atoms with Crippen molar-refractivity contribution in [1.82, 2.24) is 20.1 Å². The Morgan fingerprint density at radius 2 is 2.16 bits per heavy atom. The molecule has 0 aliphatic heterocycles. The second-order valence-electron chi connectivity index (χ2n) is 5.39. The van der Waals surface area contributed by atoms with Gasteiger partial charge in [-0.2, -0.15) is 0 Å². The first kappa shape index (κ1) is 18.7. The zero-order valence-electron chi connectivity index (χ0n) is 14.2. The molecule has 0 saturated heterocycles. The van der Waals surface area contributed by atoms with Crippen molar-refractivity contribution in [2.45, 2.75) is 32.9 Å². The van der Waals surface area contributed by atoms with Gasteiger partial charge in [-0.25, -0.2) is 9.59 Å². The fourth-order valence-corrected chi connectivity index (χ4v) is 2.50. The summed E-state index contributed by atoms with van der Waals surface area (Å²) in [5.41, 5.74) is 0.599. The first-order chi connectivity index (χ1) is 12.0. The number of amides is 2. The van der Waals surface area contributed by atoms with Gasteiger partial charge < -0.3 is 19.9 Å². The van der Waals surface area contributed by atoms with E-state index in [0.29, 0.717) is 11.5 Å². The predicted molar refractivity (Wildman–Crippen MR) is 93.7 cm³/mol. The second-order valence-corrected chi connectivity index (χ2v) is 5.80. The van der Waals surface area contributed by atoms with E-state index in [0.717, 1.165) is 13.0 Å². The number of esters is 1. The third kappa shape index (κ3) is 4.69. The van der Waals surface area contributed by atoms with Crippen LogP contribution in [0.2, 0.25) is 5.02 Å². The largest absolute Gasteiger partial charge is 0.465 e. The minimum absolute atomic E-state index is 0.178. The number of halogens is 1. The van der Waals surface area contributed by atoms with E-state index in [1.54, 1.807) is 12.4 Å². The Kier molecular flexibility index (Phi) is 6.35. The number of aryl methyl sites for hydroxylation is 1. The first-order valence-electron chi connectivity index (χ1n) is 7.79. The molecule has 0 radical (unpaired) electrons. The number of urea groups is 1. The van der Waals surface area contributed by atoms with Crippen molar-refractivity contribution in [3.63, 3.8) is 0 Å². The van der Waals surface area contributed by atoms with Crippen LogP contribution in [0.15, 0.2) is 24.5 Å². The lowest BCUT2D eigenvalue weighted by atomic mass is 10.2. The SMILES string of the molecule is CCCn1cnnc1C(C)NC(=O)Nc1ccc(Cl)c(C(=O)OC)c1. The van der Waals surface area contributed by atoms with Crippen molar-refractivity contribution < 1.29 is 14.3 Å². The number of methoxy groups -OCH3 is 1. The fourth-order valence-electron chi connectivity index (χ4n) is 2.31. The van der Waals surface area contributed by atoms with E-state index < -0.39 is 12.0 Å². The fraction of sp³-hybridized carbons (Fsp3) is 0.375. The first-order valence-corrected chi connectivity index (χ1v) is 8.17. The number of carbonyl (C=O) groups excluding carboxylic acids is 2. The van der Waals surface area contributed by atoms with Gasteiger partial charge in [-0.1, -0.05) is 18.5 Å². The number of benzene rings is 1. The quantitative estimate of drug-likeness (QED) is 0.767. The molecule has 0 aliphatic carbocycles. The monoisotopic (exact) mass is 365 g/mol. The standard InChI is InChI=1S/C16H20ClN5O3/c1-4-7-22-9-18-21-14(22)10(2)19-16(24)20-11-5-6-13(17)12(8-11)15(23)25-3/h5-6,8-10H,4,7H2,1-3H3,(H2,19,20,24). The van der Waals surface area contributed by atoms with Gasteiger partial charge >= 0.3 is 12.0 Å². The molecule has 134 valence electrons. The van der Waals surface area contributed by atoms with Crippen LogP contribution in [0.4, 0.5) is 10.5 Å². The minimum atomic E-state index is -0.574. The molecule has 1 atom stereocenters. The average molecular weight is 366 g/mol. The van der Waals surface area contributed by atoms with Crippen molar-refractivity contribution in [2.24, 2.45) is 0 Å². The molecule has 0 bridgehead atoms. The van der Waals surface area contributed by atoms with Crippen LogP contribution >= 0.6 is 11.6 Å². The van der Waals surface area contributed by atoms with Crippen LogP contribution in [0, 0.1) is 0 Å². The third-order valence-corrected chi connectivity index (χ3v) is 3.80. The van der Waals surface area contributed by atoms with Crippen molar-refractivity contribution in [3.8, 4) is 0 Å². The number of ether oxygens (including phenoxy) is 1. The van der Waals surface area contributed by atoms with E-state index in [1.165, 1.54) is 19.2 Å². The Labute approximate surface area is 150 Å². The highest BCUT2D eigenvalue weighted by atomic mass is 35.5. The van der Waals surface area contributed by atoms with Gasteiger partial charge in [-0.15, -0.1) is 10.2 Å². The molecule has 8 nitrogen and oxygen atoms in total. The van der Waals surface area contributed by atoms with Crippen LogP contribution in [0.5, 0.6) is 0 Å². The molecule has 0 saturated carbocycles. The van der Waals surface area contributed by atoms with Gasteiger partial charge in [0.2, 0.25) is 0 Å². The molecule has 2 rings (SSSR count). The maximum atomic E-state index is 12.2. The summed E-state index contributed by atoms with van der Waals surface area (Å²) in [6.07, 6.45) is 2.57. The number of hydrogen-bond donors (Lipinski definition) is 2. The van der Waals surface area contributed by atoms with Crippen LogP contribution in [-0.4, -0.2) is 33.9 Å². The van der Waals surface area contributed by atoms with Crippen molar-refractivity contribution in [1.29, 1.82) is 0 Å². The number of anilines is 1. The van der Waals surface area contributed by atoms with E-state index in [1.807, 2.05) is 18.4 Å². The molecule has 25 heavy (non-hydrogen) atoms. The van der Waals surface area contributed by atoms with E-state index in [9.17, 15) is 9.59 Å². The summed E-state index contributed by atoms with van der Waals surface area (Å²) in [6, 6.07) is 3.81. The van der Waals surface area contributed by atoms with Crippen molar-refractivity contribution in [3.05, 3.63) is 40.9 Å². The van der Waals surface area contributed by atoms with Gasteiger partial charge in [-0.3, -0.25) is 0 Å². The van der Waals surface area contributed by atoms with E-state index in [4.69, 9.17) is 11.6 Å². The molecule has 0 fully saturated rings. The molecular formula is C16H20ClN5O3. The van der Waals surface area contributed by atoms with Gasteiger partial charge in [0.1, 0.15) is 6.33 Å². The lowest BCUT2D eigenvalue weighted by molar-refractivity contribution is 0.0601. The van der Waals surface area contributed by atoms with Gasteiger partial charge in [0.15, 0.2) is 5.82 Å². The lowest BCUT2D eigenvalue weighted by Gasteiger charge is -2.15. The molecule has 1 aromatic carbocycles. The maximum absolute atomic E-state index is 12.2. The van der Waals surface area contributed by atoms with Crippen LogP contribution in [0.3, 0.4) is 0 Å². The summed E-state index contributed by atoms with van der Waals surface area (Å²) < 4.78 is 6.55. The summed E-state index contributed by atoms with van der Waals surface area (Å²) in [5.74, 6) is 0.0958. The van der Waals surface area contributed by atoms with E-state index in [2.05, 4.69) is 25.6 Å². The maximum Gasteiger partial charge on any atom is 0.339 e. The molecular weight excluding hydrogens is 346 g/mol.